The van der Waals surface area contributed by atoms with Crippen molar-refractivity contribution in [3.63, 3.8) is 0 Å². The maximum absolute atomic E-state index is 12.6. The zero-order chi connectivity index (χ0) is 50.9. The highest BCUT2D eigenvalue weighted by atomic mass is 16.3. The first kappa shape index (κ1) is 68.5. The molecule has 0 saturated heterocycles. The molecule has 0 radical (unpaired) electrons. The van der Waals surface area contributed by atoms with Gasteiger partial charge in [-0.2, -0.15) is 0 Å². The van der Waals surface area contributed by atoms with E-state index in [9.17, 15) is 25.2 Å². The first-order valence-corrected chi connectivity index (χ1v) is 31.4. The predicted octanol–water partition coefficient (Wildman–Crippen LogP) is 18.8. The second-order valence-corrected chi connectivity index (χ2v) is 21.7. The molecule has 0 aromatic carbocycles. The summed E-state index contributed by atoms with van der Waals surface area (Å²) in [6.45, 7) is 4.08. The summed E-state index contributed by atoms with van der Waals surface area (Å²) in [7, 11) is 0. The summed E-state index contributed by atoms with van der Waals surface area (Å²) in [5.74, 6) is -0.593. The number of nitrogens with one attached hydrogen (secondary N) is 1. The molecule has 6 heteroatoms. The number of rotatable bonds is 58. The van der Waals surface area contributed by atoms with E-state index in [1.807, 2.05) is 0 Å². The van der Waals surface area contributed by atoms with Crippen LogP contribution in [0.3, 0.4) is 0 Å². The van der Waals surface area contributed by atoms with E-state index in [4.69, 9.17) is 0 Å². The van der Waals surface area contributed by atoms with E-state index < -0.39 is 36.9 Å². The van der Waals surface area contributed by atoms with Crippen molar-refractivity contribution in [2.24, 2.45) is 0 Å². The van der Waals surface area contributed by atoms with Crippen LogP contribution in [0.25, 0.3) is 0 Å². The first-order valence-electron chi connectivity index (χ1n) is 31.4. The highest BCUT2D eigenvalue weighted by molar-refractivity contribution is 5.80. The number of carbonyl (C=O) groups excluding carboxylic acids is 1. The van der Waals surface area contributed by atoms with E-state index in [-0.39, 0.29) is 0 Å². The molecule has 0 aliphatic carbocycles. The third-order valence-corrected chi connectivity index (χ3v) is 14.8. The van der Waals surface area contributed by atoms with E-state index in [2.05, 4.69) is 55.6 Å². The molecule has 0 rings (SSSR count). The Labute approximate surface area is 437 Å². The Balaban J connectivity index is 3.62. The molecule has 0 bridgehead atoms. The van der Waals surface area contributed by atoms with Crippen LogP contribution in [0.2, 0.25) is 0 Å². The quantitative estimate of drug-likeness (QED) is 0.0308. The third-order valence-electron chi connectivity index (χ3n) is 14.8. The maximum Gasteiger partial charge on any atom is 0.249 e. The van der Waals surface area contributed by atoms with Gasteiger partial charge < -0.3 is 25.7 Å². The Hall–Kier alpha value is -1.47. The molecule has 0 aliphatic heterocycles. The molecule has 0 fully saturated rings. The fraction of sp³-hybridized carbons (Fsp3) is 0.891. The van der Waals surface area contributed by atoms with Crippen LogP contribution in [0, 0.1) is 0 Å². The van der Waals surface area contributed by atoms with Crippen molar-refractivity contribution in [2.45, 2.75) is 359 Å². The van der Waals surface area contributed by atoms with Gasteiger partial charge in [0.15, 0.2) is 0 Å². The number of aliphatic hydroxyl groups is 4. The Morgan fingerprint density at radius 1 is 0.343 bits per heavy atom. The second-order valence-electron chi connectivity index (χ2n) is 21.7. The lowest BCUT2D eigenvalue weighted by Gasteiger charge is -2.27. The van der Waals surface area contributed by atoms with Gasteiger partial charge in [0.1, 0.15) is 12.2 Å². The lowest BCUT2D eigenvalue weighted by atomic mass is 10.00. The summed E-state index contributed by atoms with van der Waals surface area (Å²) in [4.78, 5) is 12.6. The number of hydrogen-bond donors (Lipinski definition) is 5. The monoisotopic (exact) mass is 986 g/mol. The van der Waals surface area contributed by atoms with Gasteiger partial charge in [-0.1, -0.05) is 294 Å². The van der Waals surface area contributed by atoms with Gasteiger partial charge in [0, 0.05) is 0 Å². The number of unbranched alkanes of at least 4 members (excludes halogenated alkanes) is 43. The SMILES string of the molecule is CCCCCCCCCCCCCC/C=C\CCCCCCCCCCCCCCCCCC(O)C(=O)NC(CO)C(O)C(O)CCC/C=C/CC/C=C/CCCCCCCCCCCCCCCC. The van der Waals surface area contributed by atoms with Crippen LogP contribution in [0.15, 0.2) is 36.5 Å². The smallest absolute Gasteiger partial charge is 0.249 e. The second kappa shape index (κ2) is 58.4. The summed E-state index contributed by atoms with van der Waals surface area (Å²) < 4.78 is 0. The molecule has 1 amide bonds. The number of amides is 1. The normalized spacial score (nSPS) is 13.9. The molecule has 6 nitrogen and oxygen atoms in total. The average Bonchev–Trinajstić information content (AvgIpc) is 3.36. The molecule has 0 aromatic rings. The Bertz CT molecular complexity index is 1110. The van der Waals surface area contributed by atoms with Crippen molar-refractivity contribution < 1.29 is 25.2 Å². The predicted molar refractivity (Wildman–Crippen MR) is 307 cm³/mol. The number of hydrogen-bond acceptors (Lipinski definition) is 5. The minimum atomic E-state index is -1.29. The Morgan fingerprint density at radius 3 is 0.900 bits per heavy atom. The molecule has 414 valence electrons. The highest BCUT2D eigenvalue weighted by Crippen LogP contribution is 2.18. The summed E-state index contributed by atoms with van der Waals surface area (Å²) in [6.07, 6.45) is 73.8. The van der Waals surface area contributed by atoms with Crippen molar-refractivity contribution in [1.82, 2.24) is 5.32 Å². The van der Waals surface area contributed by atoms with Crippen molar-refractivity contribution in [3.8, 4) is 0 Å². The fourth-order valence-electron chi connectivity index (χ4n) is 9.89. The standard InChI is InChI=1S/C64H123NO5/c1-3-5-7-9-11-13-15-17-19-21-23-25-27-28-29-30-31-32-33-34-36-38-40-42-44-46-48-50-52-54-56-58-62(68)64(70)65-60(59-66)63(69)61(67)57-55-53-51-49-47-45-43-41-39-37-35-26-24-22-20-18-16-14-12-10-8-6-4-2/h28-29,41,43,49,51,60-63,66-69H,3-27,30-40,42,44-48,50,52-59H2,1-2H3,(H,65,70)/b29-28-,43-41+,51-49+. The van der Waals surface area contributed by atoms with Gasteiger partial charge in [-0.15, -0.1) is 0 Å². The molecule has 5 N–H and O–H groups in total. The van der Waals surface area contributed by atoms with E-state index in [0.717, 1.165) is 38.5 Å². The molecule has 70 heavy (non-hydrogen) atoms. The summed E-state index contributed by atoms with van der Waals surface area (Å²) in [5, 5.41) is 44.1. The van der Waals surface area contributed by atoms with Gasteiger partial charge in [-0.05, 0) is 77.0 Å². The molecule has 0 aliphatic rings. The van der Waals surface area contributed by atoms with Crippen molar-refractivity contribution in [1.29, 1.82) is 0 Å². The lowest BCUT2D eigenvalue weighted by molar-refractivity contribution is -0.132. The van der Waals surface area contributed by atoms with Crippen LogP contribution in [0.5, 0.6) is 0 Å². The zero-order valence-electron chi connectivity index (χ0n) is 47.0. The minimum absolute atomic E-state index is 0.362. The van der Waals surface area contributed by atoms with Crippen LogP contribution in [0.4, 0.5) is 0 Å². The van der Waals surface area contributed by atoms with Crippen molar-refractivity contribution >= 4 is 5.91 Å². The van der Waals surface area contributed by atoms with Gasteiger partial charge in [0.25, 0.3) is 0 Å². The molecular weight excluding hydrogens is 863 g/mol. The first-order chi connectivity index (χ1) is 34.5. The third kappa shape index (κ3) is 51.4. The topological polar surface area (TPSA) is 110 Å². The lowest BCUT2D eigenvalue weighted by Crippen LogP contribution is -2.53. The number of carbonyl (C=O) groups is 1. The van der Waals surface area contributed by atoms with Crippen LogP contribution >= 0.6 is 0 Å². The Morgan fingerprint density at radius 2 is 0.600 bits per heavy atom. The van der Waals surface area contributed by atoms with E-state index in [0.29, 0.717) is 19.3 Å². The molecule has 0 heterocycles. The van der Waals surface area contributed by atoms with Crippen molar-refractivity contribution in [3.05, 3.63) is 36.5 Å². The number of aliphatic hydroxyl groups excluding tert-OH is 4. The highest BCUT2D eigenvalue weighted by Gasteiger charge is 2.28. The summed E-state index contributed by atoms with van der Waals surface area (Å²) in [6, 6.07) is -1.01. The van der Waals surface area contributed by atoms with Crippen LogP contribution < -0.4 is 5.32 Å². The molecule has 0 aromatic heterocycles. The Kier molecular flexibility index (Phi) is 57.2. The van der Waals surface area contributed by atoms with Crippen LogP contribution in [-0.4, -0.2) is 57.3 Å². The van der Waals surface area contributed by atoms with E-state index >= 15 is 0 Å². The van der Waals surface area contributed by atoms with Crippen LogP contribution in [-0.2, 0) is 4.79 Å². The number of allylic oxidation sites excluding steroid dienone is 6. The van der Waals surface area contributed by atoms with Gasteiger partial charge >= 0.3 is 0 Å². The van der Waals surface area contributed by atoms with Gasteiger partial charge in [-0.3, -0.25) is 4.79 Å². The summed E-state index contributed by atoms with van der Waals surface area (Å²) >= 11 is 0. The van der Waals surface area contributed by atoms with Crippen molar-refractivity contribution in [2.75, 3.05) is 6.61 Å². The molecule has 0 saturated carbocycles. The molecule has 0 spiro atoms. The molecule has 4 unspecified atom stereocenters. The zero-order valence-corrected chi connectivity index (χ0v) is 47.0. The summed E-state index contributed by atoms with van der Waals surface area (Å²) in [5.41, 5.74) is 0. The average molecular weight is 987 g/mol. The van der Waals surface area contributed by atoms with Gasteiger partial charge in [-0.25, -0.2) is 0 Å². The molecule has 4 atom stereocenters. The maximum atomic E-state index is 12.6. The van der Waals surface area contributed by atoms with Gasteiger partial charge in [0.2, 0.25) is 5.91 Å². The minimum Gasteiger partial charge on any atom is -0.394 e. The van der Waals surface area contributed by atoms with E-state index in [1.54, 1.807) is 0 Å². The molecular formula is C64H123NO5. The largest absolute Gasteiger partial charge is 0.394 e. The fourth-order valence-corrected chi connectivity index (χ4v) is 9.89. The van der Waals surface area contributed by atoms with Gasteiger partial charge in [0.05, 0.1) is 18.8 Å². The van der Waals surface area contributed by atoms with E-state index in [1.165, 1.54) is 263 Å². The van der Waals surface area contributed by atoms with Crippen LogP contribution in [0.1, 0.15) is 335 Å².